The number of amides is 3. The van der Waals surface area contributed by atoms with Gasteiger partial charge in [0.05, 0.1) is 19.3 Å². The Morgan fingerprint density at radius 1 is 1.10 bits per heavy atom. The van der Waals surface area contributed by atoms with Crippen LogP contribution in [0.4, 0.5) is 16.3 Å². The highest BCUT2D eigenvalue weighted by atomic mass is 16.5. The molecular formula is C21H25N4O4+. The summed E-state index contributed by atoms with van der Waals surface area (Å²) < 4.78 is 5.11. The van der Waals surface area contributed by atoms with E-state index in [4.69, 9.17) is 4.74 Å². The van der Waals surface area contributed by atoms with Gasteiger partial charge in [-0.2, -0.15) is 0 Å². The summed E-state index contributed by atoms with van der Waals surface area (Å²) in [6, 6.07) is 8.17. The Labute approximate surface area is 169 Å². The molecular weight excluding hydrogens is 372 g/mol. The van der Waals surface area contributed by atoms with Crippen LogP contribution in [-0.4, -0.2) is 37.6 Å². The van der Waals surface area contributed by atoms with Crippen LogP contribution in [0.2, 0.25) is 0 Å². The summed E-state index contributed by atoms with van der Waals surface area (Å²) in [7, 11) is 0. The quantitative estimate of drug-likeness (QED) is 0.754. The van der Waals surface area contributed by atoms with Crippen LogP contribution < -0.4 is 20.5 Å². The van der Waals surface area contributed by atoms with Gasteiger partial charge in [0.2, 0.25) is 0 Å². The number of carbonyl (C=O) groups excluding carboxylic acids is 3. The van der Waals surface area contributed by atoms with Crippen molar-refractivity contribution in [2.24, 2.45) is 0 Å². The fraction of sp³-hybridized carbons (Fsp3) is 0.333. The number of benzene rings is 1. The summed E-state index contributed by atoms with van der Waals surface area (Å²) in [5, 5.41) is 4.79. The van der Waals surface area contributed by atoms with E-state index in [0.717, 1.165) is 37.1 Å². The molecule has 2 heterocycles. The molecule has 0 aliphatic carbocycles. The number of H-pyrrole nitrogens is 1. The highest BCUT2D eigenvalue weighted by Crippen LogP contribution is 2.20. The number of esters is 1. The summed E-state index contributed by atoms with van der Waals surface area (Å²) >= 11 is 0. The van der Waals surface area contributed by atoms with Crippen molar-refractivity contribution >= 4 is 29.4 Å². The van der Waals surface area contributed by atoms with Crippen molar-refractivity contribution in [2.75, 3.05) is 29.9 Å². The molecule has 3 N–H and O–H groups in total. The number of nitrogens with one attached hydrogen (secondary N) is 3. The Kier molecular flexibility index (Phi) is 6.43. The van der Waals surface area contributed by atoms with Crippen LogP contribution in [0.5, 0.6) is 0 Å². The Hall–Kier alpha value is -3.42. The molecule has 3 amide bonds. The first-order chi connectivity index (χ1) is 14.0. The van der Waals surface area contributed by atoms with Crippen LogP contribution in [0.1, 0.15) is 34.3 Å². The van der Waals surface area contributed by atoms with Crippen molar-refractivity contribution < 1.29 is 24.1 Å². The maximum Gasteiger partial charge on any atom is 0.347 e. The number of carbonyl (C=O) groups is 3. The minimum absolute atomic E-state index is 0.363. The van der Waals surface area contributed by atoms with E-state index < -0.39 is 24.5 Å². The maximum atomic E-state index is 12.4. The lowest BCUT2D eigenvalue weighted by molar-refractivity contribution is -0.364. The Morgan fingerprint density at radius 3 is 2.62 bits per heavy atom. The lowest BCUT2D eigenvalue weighted by Crippen LogP contribution is -2.37. The number of aryl methyl sites for hydroxylation is 1. The van der Waals surface area contributed by atoms with E-state index >= 15 is 0 Å². The minimum atomic E-state index is -0.705. The van der Waals surface area contributed by atoms with Crippen LogP contribution in [0.3, 0.4) is 0 Å². The summed E-state index contributed by atoms with van der Waals surface area (Å²) in [5.74, 6) is -0.638. The molecule has 1 fully saturated rings. The van der Waals surface area contributed by atoms with Crippen LogP contribution in [0, 0.1) is 13.8 Å². The zero-order valence-corrected chi connectivity index (χ0v) is 16.6. The van der Waals surface area contributed by atoms with E-state index in [1.54, 1.807) is 24.4 Å². The van der Waals surface area contributed by atoms with E-state index in [-0.39, 0.29) is 0 Å². The van der Waals surface area contributed by atoms with E-state index in [0.29, 0.717) is 17.1 Å². The van der Waals surface area contributed by atoms with Crippen LogP contribution in [0.15, 0.2) is 36.5 Å². The zero-order valence-electron chi connectivity index (χ0n) is 16.6. The molecule has 1 aromatic heterocycles. The number of pyridine rings is 1. The minimum Gasteiger partial charge on any atom is -0.452 e. The van der Waals surface area contributed by atoms with Crippen LogP contribution in [-0.2, 0) is 9.53 Å². The maximum absolute atomic E-state index is 12.4. The molecule has 0 unspecified atom stereocenters. The van der Waals surface area contributed by atoms with Crippen molar-refractivity contribution in [1.29, 1.82) is 0 Å². The summed E-state index contributed by atoms with van der Waals surface area (Å²) in [4.78, 5) is 41.6. The third-order valence-corrected chi connectivity index (χ3v) is 4.92. The van der Waals surface area contributed by atoms with Crippen molar-refractivity contribution in [3.63, 3.8) is 0 Å². The van der Waals surface area contributed by atoms with Gasteiger partial charge in [0, 0.05) is 5.69 Å². The number of imide groups is 1. The summed E-state index contributed by atoms with van der Waals surface area (Å²) in [6.07, 6.45) is 3.87. The molecule has 0 bridgehead atoms. The first-order valence-electron chi connectivity index (χ1n) is 9.55. The summed E-state index contributed by atoms with van der Waals surface area (Å²) in [6.45, 7) is 4.98. The zero-order chi connectivity index (χ0) is 20.8. The molecule has 8 nitrogen and oxygen atoms in total. The number of nitrogens with zero attached hydrogens (tertiary/aromatic N) is 1. The lowest BCUT2D eigenvalue weighted by atomic mass is 10.1. The third-order valence-electron chi connectivity index (χ3n) is 4.92. The van der Waals surface area contributed by atoms with E-state index in [9.17, 15) is 14.4 Å². The number of hydrogen-bond acceptors (Lipinski definition) is 5. The number of aromatic amines is 1. The van der Waals surface area contributed by atoms with Gasteiger partial charge in [-0.05, 0) is 56.0 Å². The largest absolute Gasteiger partial charge is 0.452 e. The molecule has 0 atom stereocenters. The number of rotatable bonds is 5. The topological polar surface area (TPSA) is 102 Å². The number of ether oxygens (including phenoxy) is 1. The van der Waals surface area contributed by atoms with Gasteiger partial charge in [0.15, 0.2) is 6.61 Å². The molecule has 29 heavy (non-hydrogen) atoms. The molecule has 1 aromatic carbocycles. The van der Waals surface area contributed by atoms with Gasteiger partial charge in [-0.1, -0.05) is 12.1 Å². The van der Waals surface area contributed by atoms with Crippen molar-refractivity contribution in [1.82, 2.24) is 5.32 Å². The fourth-order valence-corrected chi connectivity index (χ4v) is 3.21. The Morgan fingerprint density at radius 2 is 1.86 bits per heavy atom. The van der Waals surface area contributed by atoms with Gasteiger partial charge in [0.25, 0.3) is 11.7 Å². The standard InChI is InChI=1S/C21H24N4O4/c1-14-7-5-9-17(15(14)2)23-21(28)24-18(26)13-29-20(27)16-8-6-10-22-19(16)25-11-3-4-12-25/h5-10H,3-4,11-13H2,1-2H3,(H2,23,24,26,28)/p+1. The normalized spacial score (nSPS) is 13.1. The number of urea groups is 1. The van der Waals surface area contributed by atoms with Crippen LogP contribution >= 0.6 is 0 Å². The Bertz CT molecular complexity index is 923. The fourth-order valence-electron chi connectivity index (χ4n) is 3.21. The SMILES string of the molecule is Cc1cccc(NC(=O)NC(=O)COC(=O)c2ccc[nH+]c2N2CCCC2)c1C. The molecule has 152 valence electrons. The number of aromatic nitrogens is 1. The first kappa shape index (κ1) is 20.3. The van der Waals surface area contributed by atoms with E-state index in [1.807, 2.05) is 26.0 Å². The molecule has 1 saturated heterocycles. The van der Waals surface area contributed by atoms with Gasteiger partial charge in [-0.3, -0.25) is 15.0 Å². The summed E-state index contributed by atoms with van der Waals surface area (Å²) in [5.41, 5.74) is 2.91. The van der Waals surface area contributed by atoms with Crippen LogP contribution in [0.25, 0.3) is 0 Å². The molecule has 3 rings (SSSR count). The molecule has 0 spiro atoms. The Balaban J connectivity index is 1.53. The van der Waals surface area contributed by atoms with Crippen molar-refractivity contribution in [3.8, 4) is 0 Å². The first-order valence-corrected chi connectivity index (χ1v) is 9.55. The predicted molar refractivity (Wildman–Crippen MR) is 108 cm³/mol. The second kappa shape index (κ2) is 9.18. The molecule has 1 aliphatic heterocycles. The van der Waals surface area contributed by atoms with Crippen molar-refractivity contribution in [2.45, 2.75) is 26.7 Å². The van der Waals surface area contributed by atoms with E-state index in [2.05, 4.69) is 20.5 Å². The van der Waals surface area contributed by atoms with E-state index in [1.165, 1.54) is 0 Å². The average molecular weight is 397 g/mol. The number of hydrogen-bond donors (Lipinski definition) is 2. The lowest BCUT2D eigenvalue weighted by Gasteiger charge is -2.12. The monoisotopic (exact) mass is 397 g/mol. The van der Waals surface area contributed by atoms with Gasteiger partial charge >= 0.3 is 12.0 Å². The molecule has 0 saturated carbocycles. The predicted octanol–water partition coefficient (Wildman–Crippen LogP) is 2.22. The highest BCUT2D eigenvalue weighted by Gasteiger charge is 2.28. The second-order valence-corrected chi connectivity index (χ2v) is 6.95. The van der Waals surface area contributed by atoms with Gasteiger partial charge in [-0.15, -0.1) is 0 Å². The molecule has 0 radical (unpaired) electrons. The number of anilines is 2. The van der Waals surface area contributed by atoms with Gasteiger partial charge in [-0.25, -0.2) is 14.6 Å². The average Bonchev–Trinajstić information content (AvgIpc) is 3.24. The molecule has 1 aliphatic rings. The molecule has 2 aromatic rings. The molecule has 8 heteroatoms. The smallest absolute Gasteiger partial charge is 0.347 e. The third kappa shape index (κ3) is 5.10. The van der Waals surface area contributed by atoms with Gasteiger partial charge < -0.3 is 10.1 Å². The van der Waals surface area contributed by atoms with Gasteiger partial charge in [0.1, 0.15) is 5.56 Å². The second-order valence-electron chi connectivity index (χ2n) is 6.95. The van der Waals surface area contributed by atoms with Crippen molar-refractivity contribution in [3.05, 3.63) is 53.2 Å². The highest BCUT2D eigenvalue weighted by molar-refractivity contribution is 6.03.